The Morgan fingerprint density at radius 1 is 1.31 bits per heavy atom. The lowest BCUT2D eigenvalue weighted by molar-refractivity contribution is -0.139. The highest BCUT2D eigenvalue weighted by Crippen LogP contribution is 2.25. The number of aryl methyl sites for hydroxylation is 1. The van der Waals surface area contributed by atoms with Crippen molar-refractivity contribution >= 4 is 11.8 Å². The number of hydrogen-bond donors (Lipinski definition) is 1. The third-order valence-corrected chi connectivity index (χ3v) is 5.09. The minimum Gasteiger partial charge on any atom is -0.493 e. The Hall–Kier alpha value is -2.08. The van der Waals surface area contributed by atoms with Gasteiger partial charge in [-0.1, -0.05) is 12.1 Å². The number of likely N-dealkylation sites (tertiary alicyclic amines) is 1. The van der Waals surface area contributed by atoms with Gasteiger partial charge in [0.1, 0.15) is 12.4 Å². The quantitative estimate of drug-likeness (QED) is 0.841. The lowest BCUT2D eigenvalue weighted by atomic mass is 9.95. The molecule has 26 heavy (non-hydrogen) atoms. The van der Waals surface area contributed by atoms with Gasteiger partial charge in [0.2, 0.25) is 11.8 Å². The number of nitrogens with one attached hydrogen (secondary N) is 1. The fourth-order valence-electron chi connectivity index (χ4n) is 3.53. The molecule has 0 spiro atoms. The molecule has 1 N–H and O–H groups in total. The molecule has 1 saturated heterocycles. The summed E-state index contributed by atoms with van der Waals surface area (Å²) in [4.78, 5) is 26.2. The van der Waals surface area contributed by atoms with Crippen LogP contribution in [0.15, 0.2) is 18.2 Å². The van der Waals surface area contributed by atoms with Crippen LogP contribution in [0.1, 0.15) is 37.3 Å². The molecule has 2 heterocycles. The molecular weight excluding hydrogens is 332 g/mol. The van der Waals surface area contributed by atoms with Crippen LogP contribution in [0.25, 0.3) is 0 Å². The molecule has 2 aliphatic heterocycles. The largest absolute Gasteiger partial charge is 0.493 e. The first kappa shape index (κ1) is 18.7. The summed E-state index contributed by atoms with van der Waals surface area (Å²) in [7, 11) is 0. The highest BCUT2D eigenvalue weighted by molar-refractivity contribution is 5.80. The van der Waals surface area contributed by atoms with Crippen molar-refractivity contribution in [3.05, 3.63) is 29.3 Å². The zero-order valence-corrected chi connectivity index (χ0v) is 15.5. The summed E-state index contributed by atoms with van der Waals surface area (Å²) in [5, 5.41) is 3.05. The summed E-state index contributed by atoms with van der Waals surface area (Å²) < 4.78 is 10.8. The number of carbonyl (C=O) groups excluding carboxylic acids is 2. The Bertz CT molecular complexity index is 639. The second-order valence-electron chi connectivity index (χ2n) is 6.90. The maximum absolute atomic E-state index is 12.4. The number of rotatable bonds is 6. The van der Waals surface area contributed by atoms with E-state index in [1.54, 1.807) is 4.90 Å². The fourth-order valence-corrected chi connectivity index (χ4v) is 3.53. The van der Waals surface area contributed by atoms with Gasteiger partial charge in [0.15, 0.2) is 0 Å². The van der Waals surface area contributed by atoms with E-state index in [9.17, 15) is 9.59 Å². The first-order chi connectivity index (χ1) is 12.7. The molecule has 6 heteroatoms. The summed E-state index contributed by atoms with van der Waals surface area (Å²) in [6.45, 7) is 5.12. The molecule has 0 radical (unpaired) electrons. The molecule has 2 aliphatic rings. The Kier molecular flexibility index (Phi) is 6.50. The van der Waals surface area contributed by atoms with E-state index in [1.807, 2.05) is 19.1 Å². The maximum atomic E-state index is 12.4. The molecule has 1 fully saturated rings. The van der Waals surface area contributed by atoms with Crippen LogP contribution in [0.4, 0.5) is 0 Å². The van der Waals surface area contributed by atoms with Gasteiger partial charge in [0.25, 0.3) is 0 Å². The van der Waals surface area contributed by atoms with E-state index < -0.39 is 0 Å². The molecule has 1 aromatic carbocycles. The van der Waals surface area contributed by atoms with E-state index in [1.165, 1.54) is 5.56 Å². The minimum atomic E-state index is -0.0212. The number of piperidine rings is 1. The summed E-state index contributed by atoms with van der Waals surface area (Å²) >= 11 is 0. The van der Waals surface area contributed by atoms with Gasteiger partial charge in [-0.2, -0.15) is 0 Å². The molecule has 0 saturated carbocycles. The normalized spacial score (nSPS) is 17.3. The van der Waals surface area contributed by atoms with Gasteiger partial charge in [-0.25, -0.2) is 0 Å². The minimum absolute atomic E-state index is 0.0157. The summed E-state index contributed by atoms with van der Waals surface area (Å²) in [5.74, 6) is 1.04. The Balaban J connectivity index is 1.44. The van der Waals surface area contributed by atoms with E-state index in [4.69, 9.17) is 9.47 Å². The van der Waals surface area contributed by atoms with Crippen molar-refractivity contribution in [3.63, 3.8) is 0 Å². The Morgan fingerprint density at radius 2 is 2.12 bits per heavy atom. The predicted molar refractivity (Wildman–Crippen MR) is 97.9 cm³/mol. The average molecular weight is 360 g/mol. The van der Waals surface area contributed by atoms with E-state index >= 15 is 0 Å². The highest BCUT2D eigenvalue weighted by Gasteiger charge is 2.27. The van der Waals surface area contributed by atoms with Gasteiger partial charge in [-0.3, -0.25) is 9.59 Å². The Morgan fingerprint density at radius 3 is 2.88 bits per heavy atom. The van der Waals surface area contributed by atoms with E-state index in [2.05, 4.69) is 11.4 Å². The maximum Gasteiger partial charge on any atom is 0.248 e. The van der Waals surface area contributed by atoms with Gasteiger partial charge in [-0.05, 0) is 49.8 Å². The molecule has 1 aromatic rings. The van der Waals surface area contributed by atoms with Crippen LogP contribution in [0.3, 0.4) is 0 Å². The number of ether oxygens (including phenoxy) is 2. The smallest absolute Gasteiger partial charge is 0.248 e. The van der Waals surface area contributed by atoms with Gasteiger partial charge >= 0.3 is 0 Å². The van der Waals surface area contributed by atoms with Crippen molar-refractivity contribution in [2.24, 2.45) is 5.92 Å². The summed E-state index contributed by atoms with van der Waals surface area (Å²) in [5.41, 5.74) is 2.33. The van der Waals surface area contributed by atoms with Crippen LogP contribution in [0.2, 0.25) is 0 Å². The fraction of sp³-hybridized carbons (Fsp3) is 0.600. The number of carbonyl (C=O) groups is 2. The molecule has 0 unspecified atom stereocenters. The lowest BCUT2D eigenvalue weighted by Crippen LogP contribution is -2.44. The lowest BCUT2D eigenvalue weighted by Gasteiger charge is -2.31. The zero-order valence-electron chi connectivity index (χ0n) is 15.5. The second kappa shape index (κ2) is 9.03. The molecular formula is C20H28N2O4. The molecule has 0 aliphatic carbocycles. The van der Waals surface area contributed by atoms with Crippen molar-refractivity contribution < 1.29 is 19.1 Å². The van der Waals surface area contributed by atoms with Gasteiger partial charge < -0.3 is 19.7 Å². The topological polar surface area (TPSA) is 67.9 Å². The Labute approximate surface area is 154 Å². The molecule has 0 aromatic heterocycles. The third kappa shape index (κ3) is 4.75. The van der Waals surface area contributed by atoms with Crippen molar-refractivity contribution in [2.75, 3.05) is 32.9 Å². The summed E-state index contributed by atoms with van der Waals surface area (Å²) in [6.07, 6.45) is 3.50. The first-order valence-corrected chi connectivity index (χ1v) is 9.55. The van der Waals surface area contributed by atoms with Crippen LogP contribution in [0, 0.1) is 5.92 Å². The van der Waals surface area contributed by atoms with E-state index in [-0.39, 0.29) is 24.3 Å². The predicted octanol–water partition coefficient (Wildman–Crippen LogP) is 1.90. The van der Waals surface area contributed by atoms with E-state index in [0.29, 0.717) is 39.1 Å². The van der Waals surface area contributed by atoms with Crippen molar-refractivity contribution in [3.8, 4) is 5.75 Å². The zero-order chi connectivity index (χ0) is 18.4. The molecule has 6 nitrogen and oxygen atoms in total. The molecule has 2 amide bonds. The molecule has 142 valence electrons. The van der Waals surface area contributed by atoms with Gasteiger partial charge in [-0.15, -0.1) is 0 Å². The molecule has 0 atom stereocenters. The number of amides is 2. The standard InChI is InChI=1S/C20H28N2O4/c1-2-25-14-19(23)22-9-7-16(8-10-22)20(24)21-13-15-5-6-18-17(12-15)4-3-11-26-18/h5-6,12,16H,2-4,7-11,13-14H2,1H3,(H,21,24). The van der Waals surface area contributed by atoms with Gasteiger partial charge in [0.05, 0.1) is 6.61 Å². The highest BCUT2D eigenvalue weighted by atomic mass is 16.5. The number of hydrogen-bond acceptors (Lipinski definition) is 4. The SMILES string of the molecule is CCOCC(=O)N1CCC(C(=O)NCc2ccc3c(c2)CCCO3)CC1. The monoisotopic (exact) mass is 360 g/mol. The second-order valence-corrected chi connectivity index (χ2v) is 6.90. The number of fused-ring (bicyclic) bond motifs is 1. The average Bonchev–Trinajstić information content (AvgIpc) is 2.70. The summed E-state index contributed by atoms with van der Waals surface area (Å²) in [6, 6.07) is 6.14. The van der Waals surface area contributed by atoms with Crippen LogP contribution in [-0.2, 0) is 27.3 Å². The number of nitrogens with zero attached hydrogens (tertiary/aromatic N) is 1. The molecule has 0 bridgehead atoms. The van der Waals surface area contributed by atoms with Gasteiger partial charge in [0, 0.05) is 32.2 Å². The van der Waals surface area contributed by atoms with Crippen molar-refractivity contribution in [1.82, 2.24) is 10.2 Å². The van der Waals surface area contributed by atoms with Crippen LogP contribution < -0.4 is 10.1 Å². The third-order valence-electron chi connectivity index (χ3n) is 5.09. The van der Waals surface area contributed by atoms with Crippen LogP contribution >= 0.6 is 0 Å². The van der Waals surface area contributed by atoms with Crippen molar-refractivity contribution in [2.45, 2.75) is 39.2 Å². The van der Waals surface area contributed by atoms with Crippen LogP contribution in [0.5, 0.6) is 5.75 Å². The number of benzene rings is 1. The first-order valence-electron chi connectivity index (χ1n) is 9.55. The van der Waals surface area contributed by atoms with Crippen LogP contribution in [-0.4, -0.2) is 49.6 Å². The molecule has 3 rings (SSSR count). The van der Waals surface area contributed by atoms with E-state index in [0.717, 1.165) is 30.8 Å². The van der Waals surface area contributed by atoms with Crippen molar-refractivity contribution in [1.29, 1.82) is 0 Å².